The molecule has 1 aromatic rings. The van der Waals surface area contributed by atoms with E-state index < -0.39 is 0 Å². The second-order valence-electron chi connectivity index (χ2n) is 1.69. The van der Waals surface area contributed by atoms with Crippen molar-refractivity contribution in [1.82, 2.24) is 14.8 Å². The largest absolute Gasteiger partial charge is 0.367 e. The van der Waals surface area contributed by atoms with Gasteiger partial charge in [0.25, 0.3) is 0 Å². The normalized spacial score (nSPS) is 10.9. The summed E-state index contributed by atoms with van der Waals surface area (Å²) in [6, 6.07) is 0. The predicted octanol–water partition coefficient (Wildman–Crippen LogP) is 0.613. The third-order valence-electron chi connectivity index (χ3n) is 0.936. The van der Waals surface area contributed by atoms with E-state index in [2.05, 4.69) is 10.1 Å². The molecule has 0 fully saturated rings. The van der Waals surface area contributed by atoms with E-state index in [1.165, 1.54) is 5.54 Å². The second-order valence-corrected chi connectivity index (χ2v) is 1.94. The Kier molecular flexibility index (Phi) is 2.28. The van der Waals surface area contributed by atoms with Gasteiger partial charge in [0.2, 0.25) is 5.95 Å². The molecule has 0 saturated carbocycles. The van der Waals surface area contributed by atoms with E-state index in [1.54, 1.807) is 17.1 Å². The summed E-state index contributed by atoms with van der Waals surface area (Å²) in [4.78, 5) is 3.72. The lowest BCUT2D eigenvalue weighted by Crippen LogP contribution is -1.96. The summed E-state index contributed by atoms with van der Waals surface area (Å²) in [6.07, 6.45) is 3.29. The lowest BCUT2D eigenvalue weighted by atomic mass is 10.6. The van der Waals surface area contributed by atoms with E-state index in [4.69, 9.17) is 17.3 Å². The van der Waals surface area contributed by atoms with Crippen LogP contribution in [0.3, 0.4) is 0 Å². The molecule has 0 aromatic carbocycles. The Bertz CT molecular complexity index is 229. The summed E-state index contributed by atoms with van der Waals surface area (Å²) < 4.78 is 1.59. The summed E-state index contributed by atoms with van der Waals surface area (Å²) in [5.74, 6) is 0.281. The predicted molar refractivity (Wildman–Crippen MR) is 39.4 cm³/mol. The van der Waals surface area contributed by atoms with Crippen LogP contribution in [0.2, 0.25) is 0 Å². The maximum atomic E-state index is 5.28. The molecule has 4 nitrogen and oxygen atoms in total. The maximum Gasteiger partial charge on any atom is 0.239 e. The van der Waals surface area contributed by atoms with Crippen molar-refractivity contribution < 1.29 is 0 Å². The van der Waals surface area contributed by atoms with E-state index in [9.17, 15) is 0 Å². The van der Waals surface area contributed by atoms with Crippen molar-refractivity contribution in [3.63, 3.8) is 0 Å². The number of nitrogen functional groups attached to an aromatic ring is 1. The standard InChI is InChI=1S/C5H7ClN4/c6-2-1-3-10-4-8-5(7)9-10/h1-2,4H,3H2,(H2,7,9)/b2-1+. The van der Waals surface area contributed by atoms with Crippen LogP contribution in [-0.4, -0.2) is 14.8 Å². The molecule has 0 spiro atoms. The highest BCUT2D eigenvalue weighted by Crippen LogP contribution is 1.90. The van der Waals surface area contributed by atoms with E-state index in [1.807, 2.05) is 0 Å². The van der Waals surface area contributed by atoms with Crippen LogP contribution in [0.5, 0.6) is 0 Å². The van der Waals surface area contributed by atoms with Crippen molar-refractivity contribution in [3.05, 3.63) is 17.9 Å². The Hall–Kier alpha value is -1.03. The third-order valence-corrected chi connectivity index (χ3v) is 1.11. The molecule has 10 heavy (non-hydrogen) atoms. The number of hydrogen-bond donors (Lipinski definition) is 1. The van der Waals surface area contributed by atoms with Crippen LogP contribution in [0.25, 0.3) is 0 Å². The van der Waals surface area contributed by atoms with Crippen LogP contribution >= 0.6 is 11.6 Å². The molecule has 0 amide bonds. The quantitative estimate of drug-likeness (QED) is 0.686. The lowest BCUT2D eigenvalue weighted by molar-refractivity contribution is 0.703. The third kappa shape index (κ3) is 1.73. The monoisotopic (exact) mass is 158 g/mol. The number of hydrogen-bond acceptors (Lipinski definition) is 3. The lowest BCUT2D eigenvalue weighted by Gasteiger charge is -1.89. The van der Waals surface area contributed by atoms with Gasteiger partial charge in [-0.25, -0.2) is 9.67 Å². The van der Waals surface area contributed by atoms with Gasteiger partial charge in [0.05, 0.1) is 6.54 Å². The van der Waals surface area contributed by atoms with E-state index >= 15 is 0 Å². The fraction of sp³-hybridized carbons (Fsp3) is 0.200. The van der Waals surface area contributed by atoms with Crippen LogP contribution in [-0.2, 0) is 6.54 Å². The van der Waals surface area contributed by atoms with Crippen LogP contribution in [0.4, 0.5) is 5.95 Å². The molecule has 5 heteroatoms. The van der Waals surface area contributed by atoms with Crippen molar-refractivity contribution in [2.45, 2.75) is 6.54 Å². The zero-order valence-electron chi connectivity index (χ0n) is 5.24. The van der Waals surface area contributed by atoms with Crippen LogP contribution in [0.15, 0.2) is 17.9 Å². The smallest absolute Gasteiger partial charge is 0.239 e. The molecule has 0 aliphatic rings. The average Bonchev–Trinajstić information content (AvgIpc) is 2.31. The van der Waals surface area contributed by atoms with E-state index in [0.29, 0.717) is 6.54 Å². The average molecular weight is 159 g/mol. The highest BCUT2D eigenvalue weighted by atomic mass is 35.5. The second kappa shape index (κ2) is 3.22. The zero-order valence-corrected chi connectivity index (χ0v) is 5.99. The summed E-state index contributed by atoms with van der Waals surface area (Å²) >= 11 is 5.28. The summed E-state index contributed by atoms with van der Waals surface area (Å²) in [5, 5.41) is 3.82. The van der Waals surface area contributed by atoms with Gasteiger partial charge in [-0.3, -0.25) is 0 Å². The van der Waals surface area contributed by atoms with Gasteiger partial charge in [-0.05, 0) is 0 Å². The number of aromatic nitrogens is 3. The van der Waals surface area contributed by atoms with E-state index in [0.717, 1.165) is 0 Å². The van der Waals surface area contributed by atoms with Crippen LogP contribution in [0.1, 0.15) is 0 Å². The molecule has 54 valence electrons. The first kappa shape index (κ1) is 7.08. The number of nitrogens with two attached hydrogens (primary N) is 1. The summed E-state index contributed by atoms with van der Waals surface area (Å²) in [5.41, 5.74) is 6.68. The fourth-order valence-corrected chi connectivity index (χ4v) is 0.625. The summed E-state index contributed by atoms with van der Waals surface area (Å²) in [7, 11) is 0. The highest BCUT2D eigenvalue weighted by molar-refractivity contribution is 6.25. The molecular formula is C5H7ClN4. The highest BCUT2D eigenvalue weighted by Gasteiger charge is 1.90. The Morgan fingerprint density at radius 1 is 1.80 bits per heavy atom. The Labute approximate surface area is 63.3 Å². The van der Waals surface area contributed by atoms with Gasteiger partial charge < -0.3 is 5.73 Å². The van der Waals surface area contributed by atoms with Gasteiger partial charge in [0.1, 0.15) is 6.33 Å². The van der Waals surface area contributed by atoms with Crippen LogP contribution in [0, 0.1) is 0 Å². The molecular weight excluding hydrogens is 152 g/mol. The fourth-order valence-electron chi connectivity index (χ4n) is 0.545. The number of halogens is 1. The molecule has 0 atom stereocenters. The maximum absolute atomic E-state index is 5.28. The van der Waals surface area contributed by atoms with Gasteiger partial charge in [-0.2, -0.15) is 0 Å². The van der Waals surface area contributed by atoms with Gasteiger partial charge in [0, 0.05) is 5.54 Å². The van der Waals surface area contributed by atoms with Crippen molar-refractivity contribution in [2.24, 2.45) is 0 Å². The first-order valence-corrected chi connectivity index (χ1v) is 3.16. The first-order valence-electron chi connectivity index (χ1n) is 2.73. The number of allylic oxidation sites excluding steroid dienone is 1. The van der Waals surface area contributed by atoms with Gasteiger partial charge >= 0.3 is 0 Å². The Balaban J connectivity index is 2.58. The van der Waals surface area contributed by atoms with Gasteiger partial charge in [-0.15, -0.1) is 5.10 Å². The van der Waals surface area contributed by atoms with Crippen LogP contribution < -0.4 is 5.73 Å². The SMILES string of the molecule is Nc1ncn(C/C=C/Cl)n1. The molecule has 0 saturated heterocycles. The van der Waals surface area contributed by atoms with Gasteiger partial charge in [0.15, 0.2) is 0 Å². The minimum Gasteiger partial charge on any atom is -0.367 e. The minimum atomic E-state index is 0.281. The molecule has 2 N–H and O–H groups in total. The number of anilines is 1. The molecule has 0 aliphatic heterocycles. The molecule has 0 aliphatic carbocycles. The topological polar surface area (TPSA) is 56.7 Å². The van der Waals surface area contributed by atoms with E-state index in [-0.39, 0.29) is 5.95 Å². The minimum absolute atomic E-state index is 0.281. The molecule has 0 bridgehead atoms. The van der Waals surface area contributed by atoms with Gasteiger partial charge in [-0.1, -0.05) is 17.7 Å². The number of rotatable bonds is 2. The summed E-state index contributed by atoms with van der Waals surface area (Å²) in [6.45, 7) is 0.605. The molecule has 0 unspecified atom stereocenters. The number of nitrogens with zero attached hydrogens (tertiary/aromatic N) is 3. The first-order chi connectivity index (χ1) is 4.83. The zero-order chi connectivity index (χ0) is 7.40. The van der Waals surface area contributed by atoms with Crippen molar-refractivity contribution in [3.8, 4) is 0 Å². The Morgan fingerprint density at radius 2 is 2.60 bits per heavy atom. The van der Waals surface area contributed by atoms with Crippen molar-refractivity contribution in [1.29, 1.82) is 0 Å². The molecule has 1 aromatic heterocycles. The Morgan fingerprint density at radius 3 is 3.10 bits per heavy atom. The van der Waals surface area contributed by atoms with Crippen molar-refractivity contribution in [2.75, 3.05) is 5.73 Å². The molecule has 0 radical (unpaired) electrons. The van der Waals surface area contributed by atoms with Crippen molar-refractivity contribution >= 4 is 17.5 Å². The molecule has 1 heterocycles. The molecule has 1 rings (SSSR count).